The number of β-lactam (4-membered cyclic amide) rings is 1. The molecule has 3 N–H and O–H groups in total. The third-order valence-corrected chi connectivity index (χ3v) is 7.73. The van der Waals surface area contributed by atoms with Gasteiger partial charge >= 0.3 is 12.1 Å². The van der Waals surface area contributed by atoms with E-state index in [4.69, 9.17) is 14.2 Å². The van der Waals surface area contributed by atoms with Gasteiger partial charge in [0.2, 0.25) is 12.7 Å². The Bertz CT molecular complexity index is 1070. The minimum absolute atomic E-state index is 0.128. The quantitative estimate of drug-likeness (QED) is 0.131. The molecule has 0 aromatic carbocycles. The molecule has 1 aromatic rings. The number of aromatic nitrogens is 1. The van der Waals surface area contributed by atoms with Crippen molar-refractivity contribution in [2.24, 2.45) is 17.8 Å². The summed E-state index contributed by atoms with van der Waals surface area (Å²) in [6, 6.07) is 2.71. The highest BCUT2D eigenvalue weighted by Crippen LogP contribution is 2.38. The van der Waals surface area contributed by atoms with Gasteiger partial charge in [-0.05, 0) is 63.8 Å². The molecule has 1 saturated carbocycles. The zero-order chi connectivity index (χ0) is 30.2. The summed E-state index contributed by atoms with van der Waals surface area (Å²) in [5.41, 5.74) is 1.36. The molecule has 1 aliphatic carbocycles. The molecule has 228 valence electrons. The maximum absolute atomic E-state index is 13.2. The van der Waals surface area contributed by atoms with Crippen LogP contribution < -0.4 is 10.4 Å². The minimum Gasteiger partial charge on any atom is -0.628 e. The van der Waals surface area contributed by atoms with Gasteiger partial charge < -0.3 is 29.6 Å². The number of carbonyl (C=O) groups is 3. The number of hydrogen-bond donors (Lipinski definition) is 3. The van der Waals surface area contributed by atoms with E-state index in [1.807, 2.05) is 0 Å². The number of hydrogen-bond acceptors (Lipinski definition) is 9. The standard InChI is InChI=1S/C29H44N4O8/c1-6-41-29(5,37)25-23(26(34)32(25)17-33(38)20(4)22-10-8-7-9-11-22)13-12-21-14-15-30-24(16-21)31-28(36)40-18-39-27(35)19(2)3/h14-16,19,22-23,25,33,37H,4,6-13,17-18H2,1-3,5H3,(H,30,31,36)/t23?,25-,29?/m0/s1. The molecule has 1 saturated heterocycles. The van der Waals surface area contributed by atoms with Crippen molar-refractivity contribution in [2.75, 3.05) is 25.4 Å². The number of aryl methyl sites for hydroxylation is 1. The minimum atomic E-state index is -1.63. The topological polar surface area (TPSA) is 155 Å². The van der Waals surface area contributed by atoms with Crippen LogP contribution in [0.4, 0.5) is 10.6 Å². The Kier molecular flexibility index (Phi) is 11.6. The predicted octanol–water partition coefficient (Wildman–Crippen LogP) is 2.73. The number of pyridine rings is 1. The summed E-state index contributed by atoms with van der Waals surface area (Å²) in [7, 11) is 0. The van der Waals surface area contributed by atoms with Crippen LogP contribution in [-0.2, 0) is 30.2 Å². The number of nitrogens with one attached hydrogen (secondary N) is 2. The van der Waals surface area contributed by atoms with Crippen molar-refractivity contribution in [3.05, 3.63) is 41.4 Å². The second kappa shape index (κ2) is 14.7. The van der Waals surface area contributed by atoms with E-state index in [1.54, 1.807) is 32.9 Å². The number of esters is 1. The van der Waals surface area contributed by atoms with E-state index in [2.05, 4.69) is 16.9 Å². The van der Waals surface area contributed by atoms with Crippen molar-refractivity contribution in [1.29, 1.82) is 0 Å². The SMILES string of the molecule is C=C(C1CCCCC1)[NH+]([O-])CN1C(=O)C(CCc2ccnc(NC(=O)OCOC(=O)C(C)C)c2)[C@H]1C(C)(O)OCC. The van der Waals surface area contributed by atoms with Crippen molar-refractivity contribution >= 4 is 23.8 Å². The normalized spacial score (nSPS) is 21.5. The highest BCUT2D eigenvalue weighted by molar-refractivity contribution is 5.86. The number of likely N-dealkylation sites (tertiary alicyclic amines) is 1. The lowest BCUT2D eigenvalue weighted by molar-refractivity contribution is -0.823. The third-order valence-electron chi connectivity index (χ3n) is 7.73. The van der Waals surface area contributed by atoms with Crippen LogP contribution in [0, 0.1) is 23.0 Å². The van der Waals surface area contributed by atoms with E-state index >= 15 is 0 Å². The van der Waals surface area contributed by atoms with Crippen LogP contribution in [0.1, 0.15) is 71.8 Å². The number of quaternary nitrogens is 1. The van der Waals surface area contributed by atoms with Gasteiger partial charge in [0.05, 0.1) is 11.8 Å². The lowest BCUT2D eigenvalue weighted by atomic mass is 9.78. The Morgan fingerprint density at radius 3 is 2.66 bits per heavy atom. The molecule has 1 aromatic heterocycles. The first-order valence-corrected chi connectivity index (χ1v) is 14.4. The molecule has 2 aliphatic rings. The fraction of sp³-hybridized carbons (Fsp3) is 0.655. The largest absolute Gasteiger partial charge is 0.628 e. The third kappa shape index (κ3) is 8.71. The van der Waals surface area contributed by atoms with E-state index in [0.29, 0.717) is 18.5 Å². The van der Waals surface area contributed by atoms with Crippen LogP contribution in [0.15, 0.2) is 30.6 Å². The maximum atomic E-state index is 13.2. The average molecular weight is 577 g/mol. The van der Waals surface area contributed by atoms with Gasteiger partial charge in [-0.3, -0.25) is 19.8 Å². The second-order valence-corrected chi connectivity index (χ2v) is 11.2. The van der Waals surface area contributed by atoms with E-state index < -0.39 is 36.6 Å². The molecule has 3 unspecified atom stereocenters. The second-order valence-electron chi connectivity index (χ2n) is 11.2. The van der Waals surface area contributed by atoms with Crippen molar-refractivity contribution in [1.82, 2.24) is 9.88 Å². The van der Waals surface area contributed by atoms with Crippen molar-refractivity contribution in [3.63, 3.8) is 0 Å². The summed E-state index contributed by atoms with van der Waals surface area (Å²) in [4.78, 5) is 42.3. The van der Waals surface area contributed by atoms with Crippen molar-refractivity contribution in [3.8, 4) is 0 Å². The molecule has 2 amide bonds. The molecule has 2 fully saturated rings. The van der Waals surface area contributed by atoms with Gasteiger partial charge in [-0.1, -0.05) is 33.1 Å². The Morgan fingerprint density at radius 2 is 2.00 bits per heavy atom. The lowest BCUT2D eigenvalue weighted by Crippen LogP contribution is -3.09. The van der Waals surface area contributed by atoms with Crippen LogP contribution in [0.25, 0.3) is 0 Å². The maximum Gasteiger partial charge on any atom is 0.415 e. The molecule has 2 heterocycles. The van der Waals surface area contributed by atoms with E-state index in [1.165, 1.54) is 18.0 Å². The highest BCUT2D eigenvalue weighted by Gasteiger charge is 2.56. The van der Waals surface area contributed by atoms with Crippen LogP contribution in [0.2, 0.25) is 0 Å². The number of anilines is 1. The zero-order valence-electron chi connectivity index (χ0n) is 24.5. The van der Waals surface area contributed by atoms with Crippen LogP contribution in [0.3, 0.4) is 0 Å². The molecule has 12 nitrogen and oxygen atoms in total. The molecule has 0 bridgehead atoms. The van der Waals surface area contributed by atoms with Gasteiger partial charge in [-0.25, -0.2) is 9.78 Å². The first-order chi connectivity index (χ1) is 19.4. The van der Waals surface area contributed by atoms with Gasteiger partial charge in [-0.2, -0.15) is 0 Å². The first-order valence-electron chi connectivity index (χ1n) is 14.4. The Morgan fingerprint density at radius 1 is 1.29 bits per heavy atom. The summed E-state index contributed by atoms with van der Waals surface area (Å²) in [6.07, 6.45) is 6.71. The summed E-state index contributed by atoms with van der Waals surface area (Å²) in [6.45, 7) is 10.3. The smallest absolute Gasteiger partial charge is 0.415 e. The Labute approximate surface area is 241 Å². The van der Waals surface area contributed by atoms with Gasteiger partial charge in [0.1, 0.15) is 17.6 Å². The number of rotatable bonds is 14. The molecule has 12 heteroatoms. The summed E-state index contributed by atoms with van der Waals surface area (Å²) >= 11 is 0. The van der Waals surface area contributed by atoms with E-state index in [0.717, 1.165) is 37.7 Å². The number of hydroxylamine groups is 2. The molecule has 3 rings (SSSR count). The summed E-state index contributed by atoms with van der Waals surface area (Å²) in [5.74, 6) is -2.85. The van der Waals surface area contributed by atoms with Crippen molar-refractivity contribution in [2.45, 2.75) is 84.5 Å². The highest BCUT2D eigenvalue weighted by atomic mass is 16.7. The van der Waals surface area contributed by atoms with Crippen molar-refractivity contribution < 1.29 is 38.8 Å². The zero-order valence-corrected chi connectivity index (χ0v) is 24.5. The van der Waals surface area contributed by atoms with Gasteiger partial charge in [-0.15, -0.1) is 0 Å². The number of amides is 2. The Hall–Kier alpha value is -3.06. The molecule has 4 atom stereocenters. The fourth-order valence-corrected chi connectivity index (χ4v) is 5.52. The first kappa shape index (κ1) is 32.5. The number of aliphatic hydroxyl groups is 1. The number of carbonyl (C=O) groups excluding carboxylic acids is 3. The van der Waals surface area contributed by atoms with Gasteiger partial charge in [0.25, 0.3) is 0 Å². The molecular weight excluding hydrogens is 532 g/mol. The number of nitrogens with zero attached hydrogens (tertiary/aromatic N) is 2. The molecule has 0 spiro atoms. The number of allylic oxidation sites excluding steroid dienone is 1. The van der Waals surface area contributed by atoms with E-state index in [-0.39, 0.29) is 41.9 Å². The lowest BCUT2D eigenvalue weighted by Gasteiger charge is -2.53. The fourth-order valence-electron chi connectivity index (χ4n) is 5.52. The van der Waals surface area contributed by atoms with E-state index in [9.17, 15) is 24.7 Å². The van der Waals surface area contributed by atoms with Crippen LogP contribution >= 0.6 is 0 Å². The molecule has 0 radical (unpaired) electrons. The molecular formula is C29H44N4O8. The average Bonchev–Trinajstić information content (AvgIpc) is 2.93. The molecule has 41 heavy (non-hydrogen) atoms. The Balaban J connectivity index is 1.59. The monoisotopic (exact) mass is 576 g/mol. The van der Waals surface area contributed by atoms with Gasteiger partial charge in [0, 0.05) is 18.7 Å². The van der Waals surface area contributed by atoms with Crippen LogP contribution in [0.5, 0.6) is 0 Å². The number of ether oxygens (including phenoxy) is 3. The predicted molar refractivity (Wildman–Crippen MR) is 150 cm³/mol. The van der Waals surface area contributed by atoms with Crippen LogP contribution in [-0.4, -0.2) is 64.9 Å². The summed E-state index contributed by atoms with van der Waals surface area (Å²) < 4.78 is 15.3. The molecule has 1 aliphatic heterocycles. The summed E-state index contributed by atoms with van der Waals surface area (Å²) in [5, 5.41) is 26.5. The van der Waals surface area contributed by atoms with Gasteiger partial charge in [0.15, 0.2) is 12.5 Å².